The Morgan fingerprint density at radius 2 is 2.09 bits per heavy atom. The molecule has 0 atom stereocenters. The Hall–Kier alpha value is -1.86. The third-order valence-corrected chi connectivity index (χ3v) is 4.31. The number of rotatable bonds is 8. The minimum atomic E-state index is -3.54. The SMILES string of the molecule is C=CCNC(=O)COc1ccc(S(=O)(=O)NC(C)C)cc1C. The predicted octanol–water partition coefficient (Wildman–Crippen LogP) is 1.36. The minimum Gasteiger partial charge on any atom is -0.484 e. The third-order valence-electron chi connectivity index (χ3n) is 2.65. The van der Waals surface area contributed by atoms with Crippen molar-refractivity contribution < 1.29 is 17.9 Å². The Morgan fingerprint density at radius 1 is 1.41 bits per heavy atom. The summed E-state index contributed by atoms with van der Waals surface area (Å²) in [4.78, 5) is 11.6. The van der Waals surface area contributed by atoms with Crippen molar-refractivity contribution in [2.24, 2.45) is 0 Å². The van der Waals surface area contributed by atoms with Gasteiger partial charge in [-0.15, -0.1) is 6.58 Å². The van der Waals surface area contributed by atoms with Crippen LogP contribution in [-0.4, -0.2) is 33.5 Å². The Kier molecular flexibility index (Phi) is 6.58. The molecule has 0 saturated heterocycles. The van der Waals surface area contributed by atoms with Gasteiger partial charge in [0.25, 0.3) is 5.91 Å². The van der Waals surface area contributed by atoms with E-state index in [9.17, 15) is 13.2 Å². The molecule has 7 heteroatoms. The minimum absolute atomic E-state index is 0.134. The zero-order valence-electron chi connectivity index (χ0n) is 13.0. The van der Waals surface area contributed by atoms with Crippen LogP contribution in [0.3, 0.4) is 0 Å². The van der Waals surface area contributed by atoms with Crippen molar-refractivity contribution in [3.05, 3.63) is 36.4 Å². The second-order valence-electron chi connectivity index (χ2n) is 5.08. The highest BCUT2D eigenvalue weighted by molar-refractivity contribution is 7.89. The van der Waals surface area contributed by atoms with Crippen LogP contribution in [0.5, 0.6) is 5.75 Å². The van der Waals surface area contributed by atoms with Crippen molar-refractivity contribution in [1.29, 1.82) is 0 Å². The molecule has 0 heterocycles. The second-order valence-corrected chi connectivity index (χ2v) is 6.80. The van der Waals surface area contributed by atoms with E-state index in [1.165, 1.54) is 12.1 Å². The number of carbonyl (C=O) groups is 1. The van der Waals surface area contributed by atoms with E-state index in [4.69, 9.17) is 4.74 Å². The third kappa shape index (κ3) is 5.50. The van der Waals surface area contributed by atoms with Crippen LogP contribution < -0.4 is 14.8 Å². The lowest BCUT2D eigenvalue weighted by Crippen LogP contribution is -2.30. The Morgan fingerprint density at radius 3 is 2.64 bits per heavy atom. The van der Waals surface area contributed by atoms with Gasteiger partial charge in [-0.05, 0) is 44.5 Å². The number of sulfonamides is 1. The molecule has 0 aliphatic rings. The topological polar surface area (TPSA) is 84.5 Å². The summed E-state index contributed by atoms with van der Waals surface area (Å²) in [5, 5.41) is 2.59. The lowest BCUT2D eigenvalue weighted by molar-refractivity contribution is -0.122. The summed E-state index contributed by atoms with van der Waals surface area (Å²) >= 11 is 0. The second kappa shape index (κ2) is 7.95. The lowest BCUT2D eigenvalue weighted by Gasteiger charge is -2.13. The fourth-order valence-corrected chi connectivity index (χ4v) is 3.05. The monoisotopic (exact) mass is 326 g/mol. The van der Waals surface area contributed by atoms with Crippen LogP contribution >= 0.6 is 0 Å². The van der Waals surface area contributed by atoms with E-state index < -0.39 is 10.0 Å². The van der Waals surface area contributed by atoms with Crippen molar-refractivity contribution in [3.63, 3.8) is 0 Å². The molecule has 1 aromatic rings. The van der Waals surface area contributed by atoms with E-state index in [2.05, 4.69) is 16.6 Å². The largest absolute Gasteiger partial charge is 0.484 e. The van der Waals surface area contributed by atoms with E-state index in [-0.39, 0.29) is 23.5 Å². The first-order chi connectivity index (χ1) is 10.3. The van der Waals surface area contributed by atoms with Gasteiger partial charge in [0.15, 0.2) is 6.61 Å². The van der Waals surface area contributed by atoms with Crippen molar-refractivity contribution in [3.8, 4) is 5.75 Å². The molecule has 0 spiro atoms. The average molecular weight is 326 g/mol. The van der Waals surface area contributed by atoms with Crippen molar-refractivity contribution in [1.82, 2.24) is 10.0 Å². The molecular weight excluding hydrogens is 304 g/mol. The number of benzene rings is 1. The molecule has 22 heavy (non-hydrogen) atoms. The normalized spacial score (nSPS) is 11.3. The molecule has 0 aliphatic heterocycles. The van der Waals surface area contributed by atoms with Crippen LogP contribution in [0.1, 0.15) is 19.4 Å². The molecule has 122 valence electrons. The first-order valence-electron chi connectivity index (χ1n) is 6.89. The highest BCUT2D eigenvalue weighted by atomic mass is 32.2. The molecule has 0 radical (unpaired) electrons. The maximum absolute atomic E-state index is 12.1. The van der Waals surface area contributed by atoms with Gasteiger partial charge in [0.05, 0.1) is 4.90 Å². The zero-order valence-corrected chi connectivity index (χ0v) is 13.9. The summed E-state index contributed by atoms with van der Waals surface area (Å²) in [6, 6.07) is 4.33. The number of amides is 1. The molecule has 6 nitrogen and oxygen atoms in total. The summed E-state index contributed by atoms with van der Waals surface area (Å²) in [5.41, 5.74) is 0.642. The van der Waals surface area contributed by atoms with E-state index in [1.54, 1.807) is 32.9 Å². The Labute approximate surface area is 131 Å². The highest BCUT2D eigenvalue weighted by Gasteiger charge is 2.16. The molecule has 0 aromatic heterocycles. The van der Waals surface area contributed by atoms with Gasteiger partial charge < -0.3 is 10.1 Å². The summed E-state index contributed by atoms with van der Waals surface area (Å²) in [7, 11) is -3.54. The van der Waals surface area contributed by atoms with Gasteiger partial charge >= 0.3 is 0 Å². The number of aryl methyl sites for hydroxylation is 1. The Bertz CT molecular complexity index is 639. The fraction of sp³-hybridized carbons (Fsp3) is 0.400. The first kappa shape index (κ1) is 18.2. The van der Waals surface area contributed by atoms with Crippen molar-refractivity contribution in [2.75, 3.05) is 13.2 Å². The average Bonchev–Trinajstić information content (AvgIpc) is 2.42. The summed E-state index contributed by atoms with van der Waals surface area (Å²) in [5.74, 6) is 0.203. The number of nitrogens with one attached hydrogen (secondary N) is 2. The predicted molar refractivity (Wildman–Crippen MR) is 85.3 cm³/mol. The Balaban J connectivity index is 2.78. The van der Waals surface area contributed by atoms with Crippen LogP contribution in [0.15, 0.2) is 35.7 Å². The first-order valence-corrected chi connectivity index (χ1v) is 8.38. The molecule has 1 rings (SSSR count). The zero-order chi connectivity index (χ0) is 16.8. The van der Waals surface area contributed by atoms with E-state index in [0.29, 0.717) is 17.9 Å². The molecule has 1 aromatic carbocycles. The summed E-state index contributed by atoms with van der Waals surface area (Å²) in [6.45, 7) is 8.98. The molecule has 2 N–H and O–H groups in total. The van der Waals surface area contributed by atoms with Crippen LogP contribution in [0.25, 0.3) is 0 Å². The van der Waals surface area contributed by atoms with Gasteiger partial charge in [0.2, 0.25) is 10.0 Å². The standard InChI is InChI=1S/C15H22N2O4S/c1-5-8-16-15(18)10-21-14-7-6-13(9-12(14)4)22(19,20)17-11(2)3/h5-7,9,11,17H,1,8,10H2,2-4H3,(H,16,18). The van der Waals surface area contributed by atoms with Gasteiger partial charge in [0.1, 0.15) is 5.75 Å². The molecular formula is C15H22N2O4S. The van der Waals surface area contributed by atoms with Crippen molar-refractivity contribution in [2.45, 2.75) is 31.7 Å². The van der Waals surface area contributed by atoms with E-state index in [1.807, 2.05) is 0 Å². The number of hydrogen-bond donors (Lipinski definition) is 2. The van der Waals surface area contributed by atoms with Crippen LogP contribution in [0.4, 0.5) is 0 Å². The number of hydrogen-bond acceptors (Lipinski definition) is 4. The molecule has 0 fully saturated rings. The fourth-order valence-electron chi connectivity index (χ4n) is 1.71. The van der Waals surface area contributed by atoms with Crippen LogP contribution in [-0.2, 0) is 14.8 Å². The quantitative estimate of drug-likeness (QED) is 0.707. The molecule has 0 bridgehead atoms. The summed E-state index contributed by atoms with van der Waals surface area (Å²) < 4.78 is 32.0. The van der Waals surface area contributed by atoms with Gasteiger partial charge in [-0.3, -0.25) is 4.79 Å². The molecule has 0 saturated carbocycles. The van der Waals surface area contributed by atoms with E-state index >= 15 is 0 Å². The van der Waals surface area contributed by atoms with Crippen molar-refractivity contribution >= 4 is 15.9 Å². The maximum atomic E-state index is 12.1. The van der Waals surface area contributed by atoms with E-state index in [0.717, 1.165) is 0 Å². The molecule has 0 unspecified atom stereocenters. The number of ether oxygens (including phenoxy) is 1. The van der Waals surface area contributed by atoms with Crippen LogP contribution in [0, 0.1) is 6.92 Å². The van der Waals surface area contributed by atoms with Gasteiger partial charge in [-0.1, -0.05) is 6.08 Å². The van der Waals surface area contributed by atoms with Crippen LogP contribution in [0.2, 0.25) is 0 Å². The smallest absolute Gasteiger partial charge is 0.258 e. The maximum Gasteiger partial charge on any atom is 0.258 e. The summed E-state index contributed by atoms with van der Waals surface area (Å²) in [6.07, 6.45) is 1.57. The molecule has 1 amide bonds. The highest BCUT2D eigenvalue weighted by Crippen LogP contribution is 2.21. The molecule has 0 aliphatic carbocycles. The van der Waals surface area contributed by atoms with Gasteiger partial charge in [0, 0.05) is 12.6 Å². The van der Waals surface area contributed by atoms with Gasteiger partial charge in [-0.25, -0.2) is 13.1 Å². The lowest BCUT2D eigenvalue weighted by atomic mass is 10.2. The van der Waals surface area contributed by atoms with Gasteiger partial charge in [-0.2, -0.15) is 0 Å². The number of carbonyl (C=O) groups excluding carboxylic acids is 1.